The van der Waals surface area contributed by atoms with Crippen molar-refractivity contribution in [3.05, 3.63) is 72.4 Å². The van der Waals surface area contributed by atoms with E-state index >= 15 is 0 Å². The van der Waals surface area contributed by atoms with E-state index in [0.717, 1.165) is 36.2 Å². The van der Waals surface area contributed by atoms with Gasteiger partial charge >= 0.3 is 0 Å². The van der Waals surface area contributed by atoms with Crippen LogP contribution in [0.3, 0.4) is 0 Å². The Morgan fingerprint density at radius 3 is 2.50 bits per heavy atom. The van der Waals surface area contributed by atoms with Crippen LogP contribution in [0.25, 0.3) is 5.82 Å². The number of rotatable bonds is 9. The number of imidazole rings is 1. The summed E-state index contributed by atoms with van der Waals surface area (Å²) in [6.45, 7) is 10.5. The third kappa shape index (κ3) is 7.81. The van der Waals surface area contributed by atoms with Gasteiger partial charge in [0, 0.05) is 25.1 Å². The number of halogens is 1. The lowest BCUT2D eigenvalue weighted by Gasteiger charge is -2.19. The maximum Gasteiger partial charge on any atom is 0.192 e. The fourth-order valence-corrected chi connectivity index (χ4v) is 2.95. The number of aliphatic imine (C=N–C) groups is 1. The first kappa shape index (κ1) is 25.6. The molecule has 0 amide bonds. The fraction of sp³-hybridized carbons (Fsp3) is 0.375. The molecular formula is C24H33IN6O. The number of nitrogens with zero attached hydrogens (tertiary/aromatic N) is 4. The van der Waals surface area contributed by atoms with Crippen LogP contribution in [-0.2, 0) is 6.54 Å². The first-order valence-corrected chi connectivity index (χ1v) is 10.8. The molecule has 0 radical (unpaired) electrons. The standard InChI is InChI=1S/C24H32N6O.HI/c1-5-26-24(28-15-20-6-11-23(27-14-20)30-13-12-25-17-30)29-19(4)21-7-9-22(10-8-21)31-16-18(2)3;/h6-14,17-19H,5,15-16H2,1-4H3,(H2,26,28,29);1H. The molecule has 0 aliphatic heterocycles. The van der Waals surface area contributed by atoms with Gasteiger partial charge in [0.1, 0.15) is 17.9 Å². The van der Waals surface area contributed by atoms with E-state index in [1.54, 1.807) is 12.5 Å². The second kappa shape index (κ2) is 13.0. The van der Waals surface area contributed by atoms with Crippen molar-refractivity contribution in [2.45, 2.75) is 40.3 Å². The fourth-order valence-electron chi connectivity index (χ4n) is 2.95. The molecule has 2 aromatic heterocycles. The highest BCUT2D eigenvalue weighted by atomic mass is 127. The number of hydrogen-bond acceptors (Lipinski definition) is 4. The van der Waals surface area contributed by atoms with E-state index in [1.807, 2.05) is 41.2 Å². The third-order valence-corrected chi connectivity index (χ3v) is 4.66. The Balaban J connectivity index is 0.00000363. The number of ether oxygens (including phenoxy) is 1. The van der Waals surface area contributed by atoms with Crippen LogP contribution in [0.15, 0.2) is 66.3 Å². The highest BCUT2D eigenvalue weighted by Gasteiger charge is 2.08. The molecule has 0 saturated carbocycles. The zero-order valence-electron chi connectivity index (χ0n) is 19.2. The Bertz CT molecular complexity index is 940. The lowest BCUT2D eigenvalue weighted by atomic mass is 10.1. The zero-order valence-corrected chi connectivity index (χ0v) is 21.5. The summed E-state index contributed by atoms with van der Waals surface area (Å²) in [7, 11) is 0. The van der Waals surface area contributed by atoms with E-state index in [2.05, 4.69) is 60.4 Å². The predicted molar refractivity (Wildman–Crippen MR) is 140 cm³/mol. The topological polar surface area (TPSA) is 76.4 Å². The normalized spacial score (nSPS) is 12.2. The molecule has 8 heteroatoms. The van der Waals surface area contributed by atoms with Crippen molar-refractivity contribution in [3.8, 4) is 11.6 Å². The Kier molecular flexibility index (Phi) is 10.5. The predicted octanol–water partition coefficient (Wildman–Crippen LogP) is 4.74. The SMILES string of the molecule is CCNC(=NCc1ccc(-n2ccnc2)nc1)NC(C)c1ccc(OCC(C)C)cc1.I. The largest absolute Gasteiger partial charge is 0.493 e. The number of aromatic nitrogens is 3. The van der Waals surface area contributed by atoms with Crippen molar-refractivity contribution in [1.82, 2.24) is 25.2 Å². The first-order chi connectivity index (χ1) is 15.0. The molecule has 0 saturated heterocycles. The highest BCUT2D eigenvalue weighted by Crippen LogP contribution is 2.18. The average Bonchev–Trinajstić information content (AvgIpc) is 3.32. The van der Waals surface area contributed by atoms with Gasteiger partial charge in [-0.2, -0.15) is 0 Å². The molecule has 172 valence electrons. The molecule has 2 N–H and O–H groups in total. The quantitative estimate of drug-likeness (QED) is 0.230. The minimum atomic E-state index is 0. The molecule has 0 aliphatic carbocycles. The summed E-state index contributed by atoms with van der Waals surface area (Å²) in [5, 5.41) is 6.79. The molecule has 0 fully saturated rings. The van der Waals surface area contributed by atoms with Gasteiger partial charge < -0.3 is 15.4 Å². The summed E-state index contributed by atoms with van der Waals surface area (Å²) in [5.74, 6) is 3.02. The Hall–Kier alpha value is -2.62. The van der Waals surface area contributed by atoms with E-state index in [-0.39, 0.29) is 30.0 Å². The maximum absolute atomic E-state index is 5.77. The van der Waals surface area contributed by atoms with E-state index in [4.69, 9.17) is 9.73 Å². The Morgan fingerprint density at radius 1 is 1.12 bits per heavy atom. The Morgan fingerprint density at radius 2 is 1.91 bits per heavy atom. The van der Waals surface area contributed by atoms with Crippen molar-refractivity contribution >= 4 is 29.9 Å². The Labute approximate surface area is 207 Å². The van der Waals surface area contributed by atoms with Crippen molar-refractivity contribution in [2.24, 2.45) is 10.9 Å². The summed E-state index contributed by atoms with van der Waals surface area (Å²) < 4.78 is 7.65. The van der Waals surface area contributed by atoms with Crippen LogP contribution in [-0.4, -0.2) is 33.6 Å². The molecule has 3 rings (SSSR count). The molecular weight excluding hydrogens is 515 g/mol. The molecule has 1 unspecified atom stereocenters. The second-order valence-corrected chi connectivity index (χ2v) is 7.83. The molecule has 0 spiro atoms. The molecule has 1 atom stereocenters. The number of hydrogen-bond donors (Lipinski definition) is 2. The van der Waals surface area contributed by atoms with E-state index in [0.29, 0.717) is 12.5 Å². The monoisotopic (exact) mass is 548 g/mol. The van der Waals surface area contributed by atoms with Gasteiger partial charge in [-0.15, -0.1) is 24.0 Å². The van der Waals surface area contributed by atoms with Crippen molar-refractivity contribution in [1.29, 1.82) is 0 Å². The molecule has 3 aromatic rings. The zero-order chi connectivity index (χ0) is 22.1. The highest BCUT2D eigenvalue weighted by molar-refractivity contribution is 14.0. The van der Waals surface area contributed by atoms with Crippen LogP contribution in [0.2, 0.25) is 0 Å². The first-order valence-electron chi connectivity index (χ1n) is 10.8. The molecule has 2 heterocycles. The number of pyridine rings is 1. The summed E-state index contributed by atoms with van der Waals surface area (Å²) in [6, 6.07) is 12.3. The lowest BCUT2D eigenvalue weighted by Crippen LogP contribution is -2.38. The smallest absolute Gasteiger partial charge is 0.192 e. The minimum absolute atomic E-state index is 0. The summed E-state index contributed by atoms with van der Waals surface area (Å²) in [4.78, 5) is 13.3. The van der Waals surface area contributed by atoms with Crippen LogP contribution in [0, 0.1) is 5.92 Å². The third-order valence-electron chi connectivity index (χ3n) is 4.66. The van der Waals surface area contributed by atoms with Gasteiger partial charge in [-0.25, -0.2) is 15.0 Å². The van der Waals surface area contributed by atoms with E-state index in [9.17, 15) is 0 Å². The summed E-state index contributed by atoms with van der Waals surface area (Å²) in [6.07, 6.45) is 7.19. The van der Waals surface area contributed by atoms with Crippen LogP contribution in [0.5, 0.6) is 5.75 Å². The van der Waals surface area contributed by atoms with Crippen LogP contribution >= 0.6 is 24.0 Å². The molecule has 1 aromatic carbocycles. The van der Waals surface area contributed by atoms with Gasteiger partial charge in [0.2, 0.25) is 0 Å². The van der Waals surface area contributed by atoms with Gasteiger partial charge in [-0.3, -0.25) is 4.57 Å². The van der Waals surface area contributed by atoms with Gasteiger partial charge in [0.05, 0.1) is 19.2 Å². The molecule has 32 heavy (non-hydrogen) atoms. The van der Waals surface area contributed by atoms with Gasteiger partial charge in [-0.05, 0) is 49.1 Å². The van der Waals surface area contributed by atoms with E-state index in [1.165, 1.54) is 5.56 Å². The van der Waals surface area contributed by atoms with E-state index < -0.39 is 0 Å². The van der Waals surface area contributed by atoms with Crippen LogP contribution in [0.4, 0.5) is 0 Å². The minimum Gasteiger partial charge on any atom is -0.493 e. The number of nitrogens with one attached hydrogen (secondary N) is 2. The molecule has 0 aliphatic rings. The lowest BCUT2D eigenvalue weighted by molar-refractivity contribution is 0.271. The van der Waals surface area contributed by atoms with Crippen molar-refractivity contribution < 1.29 is 4.74 Å². The average molecular weight is 548 g/mol. The van der Waals surface area contributed by atoms with Crippen molar-refractivity contribution in [3.63, 3.8) is 0 Å². The van der Waals surface area contributed by atoms with Gasteiger partial charge in [0.25, 0.3) is 0 Å². The maximum atomic E-state index is 5.77. The van der Waals surface area contributed by atoms with Crippen LogP contribution in [0.1, 0.15) is 44.9 Å². The number of guanidine groups is 1. The summed E-state index contributed by atoms with van der Waals surface area (Å²) >= 11 is 0. The van der Waals surface area contributed by atoms with Gasteiger partial charge in [-0.1, -0.05) is 32.0 Å². The molecule has 0 bridgehead atoms. The summed E-state index contributed by atoms with van der Waals surface area (Å²) in [5.41, 5.74) is 2.22. The van der Waals surface area contributed by atoms with Crippen LogP contribution < -0.4 is 15.4 Å². The van der Waals surface area contributed by atoms with Gasteiger partial charge in [0.15, 0.2) is 5.96 Å². The van der Waals surface area contributed by atoms with Crippen molar-refractivity contribution in [2.75, 3.05) is 13.2 Å². The second-order valence-electron chi connectivity index (χ2n) is 7.83. The number of benzene rings is 1. The molecule has 7 nitrogen and oxygen atoms in total.